The van der Waals surface area contributed by atoms with Gasteiger partial charge in [0.1, 0.15) is 0 Å². The summed E-state index contributed by atoms with van der Waals surface area (Å²) in [5.74, 6) is -1.68. The van der Waals surface area contributed by atoms with E-state index in [2.05, 4.69) is 16.7 Å². The molecule has 0 aliphatic heterocycles. The third-order valence-corrected chi connectivity index (χ3v) is 5.22. The first kappa shape index (κ1) is 20.3. The van der Waals surface area contributed by atoms with Crippen LogP contribution in [-0.2, 0) is 11.2 Å². The van der Waals surface area contributed by atoms with Crippen LogP contribution in [-0.4, -0.2) is 5.91 Å². The monoisotopic (exact) mass is 386 g/mol. The number of carbonyl (C=O) groups excluding carboxylic acids is 1. The molecule has 1 aliphatic rings. The number of hydrogen-bond acceptors (Lipinski definition) is 2. The summed E-state index contributed by atoms with van der Waals surface area (Å²) in [4.78, 5) is 12.4. The molecule has 0 radical (unpaired) electrons. The summed E-state index contributed by atoms with van der Waals surface area (Å²) >= 11 is 0. The van der Waals surface area contributed by atoms with Crippen molar-refractivity contribution in [3.8, 4) is 0 Å². The van der Waals surface area contributed by atoms with Crippen molar-refractivity contribution in [1.82, 2.24) is 0 Å². The Morgan fingerprint density at radius 1 is 1.14 bits per heavy atom. The molecule has 2 aromatic carbocycles. The van der Waals surface area contributed by atoms with Crippen LogP contribution in [0.25, 0.3) is 0 Å². The van der Waals surface area contributed by atoms with Crippen LogP contribution in [0, 0.1) is 30.9 Å². The summed E-state index contributed by atoms with van der Waals surface area (Å²) < 4.78 is 26.7. The minimum atomic E-state index is -0.854. The molecular formula is C23H28F2N2O. The van der Waals surface area contributed by atoms with Crippen molar-refractivity contribution in [2.24, 2.45) is 5.41 Å². The fourth-order valence-corrected chi connectivity index (χ4v) is 3.94. The lowest BCUT2D eigenvalue weighted by Gasteiger charge is -2.21. The maximum atomic E-state index is 13.5. The van der Waals surface area contributed by atoms with Crippen LogP contribution in [0.1, 0.15) is 61.9 Å². The topological polar surface area (TPSA) is 41.1 Å². The quantitative estimate of drug-likeness (QED) is 0.671. The molecule has 28 heavy (non-hydrogen) atoms. The zero-order valence-corrected chi connectivity index (χ0v) is 17.2. The molecule has 0 saturated carbocycles. The van der Waals surface area contributed by atoms with Crippen molar-refractivity contribution in [3.05, 3.63) is 58.2 Å². The van der Waals surface area contributed by atoms with Gasteiger partial charge >= 0.3 is 0 Å². The van der Waals surface area contributed by atoms with E-state index < -0.39 is 11.6 Å². The molecule has 0 spiro atoms. The molecule has 3 rings (SSSR count). The standard InChI is InChI=1S/C23H28F2N2O/c1-13-10-17-16(14(2)22(13)27-21(28)12-23(3,4)5)7-9-20(17)26-15-6-8-18(24)19(25)11-15/h6,8,10-11,20,26H,7,9,12H2,1-5H3,(H,27,28). The fraction of sp³-hybridized carbons (Fsp3) is 0.435. The second-order valence-corrected chi connectivity index (χ2v) is 8.91. The van der Waals surface area contributed by atoms with Crippen LogP contribution >= 0.6 is 0 Å². The van der Waals surface area contributed by atoms with Gasteiger partial charge in [0.15, 0.2) is 11.6 Å². The van der Waals surface area contributed by atoms with E-state index in [0.717, 1.165) is 41.3 Å². The number of anilines is 2. The molecule has 150 valence electrons. The predicted octanol–water partition coefficient (Wildman–Crippen LogP) is 6.06. The molecular weight excluding hydrogens is 358 g/mol. The molecule has 1 amide bonds. The molecule has 0 saturated heterocycles. The van der Waals surface area contributed by atoms with Crippen molar-refractivity contribution < 1.29 is 13.6 Å². The van der Waals surface area contributed by atoms with E-state index in [9.17, 15) is 13.6 Å². The third kappa shape index (κ3) is 4.34. The highest BCUT2D eigenvalue weighted by Gasteiger charge is 2.27. The van der Waals surface area contributed by atoms with Crippen molar-refractivity contribution in [2.75, 3.05) is 10.6 Å². The Bertz CT molecular complexity index is 916. The van der Waals surface area contributed by atoms with Crippen molar-refractivity contribution >= 4 is 17.3 Å². The van der Waals surface area contributed by atoms with E-state index in [-0.39, 0.29) is 17.4 Å². The van der Waals surface area contributed by atoms with Gasteiger partial charge in [0.25, 0.3) is 0 Å². The van der Waals surface area contributed by atoms with Crippen LogP contribution in [0.5, 0.6) is 0 Å². The molecule has 5 heteroatoms. The molecule has 0 aromatic heterocycles. The van der Waals surface area contributed by atoms with E-state index in [4.69, 9.17) is 0 Å². The molecule has 3 nitrogen and oxygen atoms in total. The number of halogens is 2. The predicted molar refractivity (Wildman–Crippen MR) is 110 cm³/mol. The highest BCUT2D eigenvalue weighted by Crippen LogP contribution is 2.40. The van der Waals surface area contributed by atoms with E-state index in [1.807, 2.05) is 34.6 Å². The van der Waals surface area contributed by atoms with Gasteiger partial charge in [-0.15, -0.1) is 0 Å². The molecule has 0 fully saturated rings. The molecule has 0 heterocycles. The Morgan fingerprint density at radius 3 is 2.50 bits per heavy atom. The maximum absolute atomic E-state index is 13.5. The summed E-state index contributed by atoms with van der Waals surface area (Å²) in [6.45, 7) is 10.2. The number of fused-ring (bicyclic) bond motifs is 1. The van der Waals surface area contributed by atoms with Gasteiger partial charge in [-0.3, -0.25) is 4.79 Å². The van der Waals surface area contributed by atoms with Crippen molar-refractivity contribution in [2.45, 2.75) is 59.9 Å². The van der Waals surface area contributed by atoms with E-state index in [1.54, 1.807) is 6.07 Å². The number of amides is 1. The average Bonchev–Trinajstić information content (AvgIpc) is 2.96. The first-order chi connectivity index (χ1) is 13.0. The molecule has 0 bridgehead atoms. The number of nitrogens with one attached hydrogen (secondary N) is 2. The summed E-state index contributed by atoms with van der Waals surface area (Å²) in [5.41, 5.74) is 5.87. The third-order valence-electron chi connectivity index (χ3n) is 5.22. The number of benzene rings is 2. The molecule has 1 atom stereocenters. The first-order valence-electron chi connectivity index (χ1n) is 9.69. The Hall–Kier alpha value is -2.43. The van der Waals surface area contributed by atoms with Gasteiger partial charge in [-0.25, -0.2) is 8.78 Å². The van der Waals surface area contributed by atoms with Crippen molar-refractivity contribution in [3.63, 3.8) is 0 Å². The summed E-state index contributed by atoms with van der Waals surface area (Å²) in [5, 5.41) is 6.41. The number of carbonyl (C=O) groups is 1. The minimum absolute atomic E-state index is 0.0214. The van der Waals surface area contributed by atoms with Gasteiger partial charge < -0.3 is 10.6 Å². The SMILES string of the molecule is Cc1cc2c(c(C)c1NC(=O)CC(C)(C)C)CCC2Nc1ccc(F)c(F)c1. The van der Waals surface area contributed by atoms with Crippen LogP contribution < -0.4 is 10.6 Å². The van der Waals surface area contributed by atoms with Crippen molar-refractivity contribution in [1.29, 1.82) is 0 Å². The van der Waals surface area contributed by atoms with Crippen LogP contribution in [0.2, 0.25) is 0 Å². The van der Waals surface area contributed by atoms with Crippen LogP contribution in [0.3, 0.4) is 0 Å². The lowest BCUT2D eigenvalue weighted by molar-refractivity contribution is -0.117. The normalized spacial score (nSPS) is 16.0. The molecule has 2 N–H and O–H groups in total. The van der Waals surface area contributed by atoms with Gasteiger partial charge in [0, 0.05) is 23.9 Å². The summed E-state index contributed by atoms with van der Waals surface area (Å²) in [7, 11) is 0. The lowest BCUT2D eigenvalue weighted by atomic mass is 9.91. The Labute approximate surface area is 165 Å². The average molecular weight is 386 g/mol. The molecule has 2 aromatic rings. The maximum Gasteiger partial charge on any atom is 0.224 e. The smallest absolute Gasteiger partial charge is 0.224 e. The second kappa shape index (κ2) is 7.53. The van der Waals surface area contributed by atoms with Gasteiger partial charge in [-0.1, -0.05) is 26.8 Å². The zero-order valence-electron chi connectivity index (χ0n) is 17.2. The zero-order chi connectivity index (χ0) is 20.6. The highest BCUT2D eigenvalue weighted by molar-refractivity contribution is 5.93. The first-order valence-corrected chi connectivity index (χ1v) is 9.69. The van der Waals surface area contributed by atoms with Gasteiger partial charge in [-0.05, 0) is 66.5 Å². The minimum Gasteiger partial charge on any atom is -0.378 e. The van der Waals surface area contributed by atoms with E-state index in [0.29, 0.717) is 12.1 Å². The number of hydrogen-bond donors (Lipinski definition) is 2. The number of aryl methyl sites for hydroxylation is 1. The summed E-state index contributed by atoms with van der Waals surface area (Å²) in [6, 6.07) is 6.01. The van der Waals surface area contributed by atoms with E-state index in [1.165, 1.54) is 11.6 Å². The highest BCUT2D eigenvalue weighted by atomic mass is 19.2. The van der Waals surface area contributed by atoms with Gasteiger partial charge in [0.05, 0.1) is 6.04 Å². The largest absolute Gasteiger partial charge is 0.378 e. The summed E-state index contributed by atoms with van der Waals surface area (Å²) in [6.07, 6.45) is 2.21. The Morgan fingerprint density at radius 2 is 1.86 bits per heavy atom. The Balaban J connectivity index is 1.84. The van der Waals surface area contributed by atoms with Crippen LogP contribution in [0.15, 0.2) is 24.3 Å². The van der Waals surface area contributed by atoms with Gasteiger partial charge in [-0.2, -0.15) is 0 Å². The van der Waals surface area contributed by atoms with E-state index >= 15 is 0 Å². The Kier molecular flexibility index (Phi) is 5.46. The van der Waals surface area contributed by atoms with Crippen LogP contribution in [0.4, 0.5) is 20.2 Å². The lowest BCUT2D eigenvalue weighted by Crippen LogP contribution is -2.21. The molecule has 1 unspecified atom stereocenters. The van der Waals surface area contributed by atoms with Gasteiger partial charge in [0.2, 0.25) is 5.91 Å². The molecule has 1 aliphatic carbocycles. The fourth-order valence-electron chi connectivity index (χ4n) is 3.94. The second-order valence-electron chi connectivity index (χ2n) is 8.91. The number of rotatable bonds is 4.